The van der Waals surface area contributed by atoms with Crippen LogP contribution in [-0.4, -0.2) is 16.2 Å². The summed E-state index contributed by atoms with van der Waals surface area (Å²) in [7, 11) is 0. The number of rotatable bonds is 5. The summed E-state index contributed by atoms with van der Waals surface area (Å²) in [5.41, 5.74) is 0.824. The van der Waals surface area contributed by atoms with Crippen molar-refractivity contribution in [2.24, 2.45) is 17.8 Å². The van der Waals surface area contributed by atoms with Crippen molar-refractivity contribution in [1.82, 2.24) is 10.2 Å². The second-order valence-electron chi connectivity index (χ2n) is 6.78. The van der Waals surface area contributed by atoms with Gasteiger partial charge in [0, 0.05) is 10.9 Å². The van der Waals surface area contributed by atoms with Crippen molar-refractivity contribution in [1.29, 1.82) is 0 Å². The molecule has 2 aromatic rings. The predicted octanol–water partition coefficient (Wildman–Crippen LogP) is 4.37. The van der Waals surface area contributed by atoms with Crippen LogP contribution >= 0.6 is 15.9 Å². The molecule has 1 aromatic heterocycles. The summed E-state index contributed by atoms with van der Waals surface area (Å²) in [5, 5.41) is 7.98. The van der Waals surface area contributed by atoms with Crippen molar-refractivity contribution in [3.8, 4) is 11.5 Å². The van der Waals surface area contributed by atoms with Crippen LogP contribution in [0.4, 0.5) is 0 Å². The highest BCUT2D eigenvalue weighted by molar-refractivity contribution is 9.10. The van der Waals surface area contributed by atoms with Crippen molar-refractivity contribution in [3.63, 3.8) is 0 Å². The minimum Gasteiger partial charge on any atom is -0.456 e. The average molecular weight is 391 g/mol. The molecule has 0 amide bonds. The van der Waals surface area contributed by atoms with E-state index in [9.17, 15) is 4.79 Å². The maximum atomic E-state index is 12.1. The van der Waals surface area contributed by atoms with E-state index < -0.39 is 0 Å². The van der Waals surface area contributed by atoms with E-state index in [-0.39, 0.29) is 12.6 Å². The highest BCUT2D eigenvalue weighted by Gasteiger charge is 2.40. The van der Waals surface area contributed by atoms with Gasteiger partial charge in [0.2, 0.25) is 5.89 Å². The Balaban J connectivity index is 1.32. The lowest BCUT2D eigenvalue weighted by molar-refractivity contribution is -0.147. The van der Waals surface area contributed by atoms with Gasteiger partial charge in [-0.2, -0.15) is 0 Å². The Morgan fingerprint density at radius 2 is 2.12 bits per heavy atom. The molecule has 6 heteroatoms. The lowest BCUT2D eigenvalue weighted by Crippen LogP contribution is -2.17. The molecule has 2 saturated carbocycles. The molecule has 2 bridgehead atoms. The molecule has 0 saturated heterocycles. The van der Waals surface area contributed by atoms with Gasteiger partial charge in [-0.05, 0) is 65.1 Å². The van der Waals surface area contributed by atoms with Gasteiger partial charge in [-0.3, -0.25) is 4.79 Å². The van der Waals surface area contributed by atoms with Crippen molar-refractivity contribution in [2.45, 2.75) is 38.7 Å². The van der Waals surface area contributed by atoms with Gasteiger partial charge in [0.25, 0.3) is 5.89 Å². The standard InChI is InChI=1S/C18H19BrN2O3/c19-15-4-2-1-3-14(15)18-21-20-16(24-18)10-23-17(22)9-13-8-11-5-6-12(13)7-11/h1-4,11-13H,5-10H2/t11-,12+,13-/m0/s1. The Hall–Kier alpha value is -1.69. The van der Waals surface area contributed by atoms with E-state index in [1.54, 1.807) is 0 Å². The number of ether oxygens (including phenoxy) is 1. The number of halogens is 1. The van der Waals surface area contributed by atoms with Gasteiger partial charge >= 0.3 is 5.97 Å². The first-order valence-corrected chi connectivity index (χ1v) is 9.21. The molecule has 0 spiro atoms. The molecule has 4 rings (SSSR count). The Kier molecular flexibility index (Phi) is 4.39. The summed E-state index contributed by atoms with van der Waals surface area (Å²) < 4.78 is 11.8. The van der Waals surface area contributed by atoms with Gasteiger partial charge in [0.05, 0.1) is 5.56 Å². The Morgan fingerprint density at radius 3 is 2.88 bits per heavy atom. The molecule has 0 aliphatic heterocycles. The molecular formula is C18H19BrN2O3. The van der Waals surface area contributed by atoms with Crippen LogP contribution in [0.15, 0.2) is 33.2 Å². The minimum absolute atomic E-state index is 0.0388. The number of aromatic nitrogens is 2. The number of esters is 1. The van der Waals surface area contributed by atoms with Crippen molar-refractivity contribution in [2.75, 3.05) is 0 Å². The normalized spacial score (nSPS) is 25.1. The molecular weight excluding hydrogens is 372 g/mol. The molecule has 1 aromatic carbocycles. The molecule has 2 aliphatic rings. The number of benzene rings is 1. The molecule has 0 N–H and O–H groups in total. The third-order valence-corrected chi connectivity index (χ3v) is 5.93. The van der Waals surface area contributed by atoms with Gasteiger partial charge in [-0.25, -0.2) is 0 Å². The van der Waals surface area contributed by atoms with Crippen molar-refractivity contribution >= 4 is 21.9 Å². The topological polar surface area (TPSA) is 65.2 Å². The van der Waals surface area contributed by atoms with E-state index in [1.165, 1.54) is 25.7 Å². The Morgan fingerprint density at radius 1 is 1.25 bits per heavy atom. The monoisotopic (exact) mass is 390 g/mol. The highest BCUT2D eigenvalue weighted by atomic mass is 79.9. The average Bonchev–Trinajstić information content (AvgIpc) is 3.30. The summed E-state index contributed by atoms with van der Waals surface area (Å²) in [6, 6.07) is 7.62. The molecule has 2 aliphatic carbocycles. The van der Waals surface area contributed by atoms with Crippen LogP contribution in [-0.2, 0) is 16.1 Å². The zero-order valence-corrected chi connectivity index (χ0v) is 14.9. The van der Waals surface area contributed by atoms with Gasteiger partial charge < -0.3 is 9.15 Å². The lowest BCUT2D eigenvalue weighted by atomic mass is 9.86. The van der Waals surface area contributed by atoms with Crippen molar-refractivity contribution in [3.05, 3.63) is 34.6 Å². The third kappa shape index (κ3) is 3.24. The number of hydrogen-bond acceptors (Lipinski definition) is 5. The van der Waals surface area contributed by atoms with Gasteiger partial charge in [-0.15, -0.1) is 10.2 Å². The van der Waals surface area contributed by atoms with Crippen LogP contribution in [0.3, 0.4) is 0 Å². The smallest absolute Gasteiger partial charge is 0.306 e. The second kappa shape index (κ2) is 6.67. The van der Waals surface area contributed by atoms with Gasteiger partial charge in [0.15, 0.2) is 6.61 Å². The second-order valence-corrected chi connectivity index (χ2v) is 7.63. The fourth-order valence-electron chi connectivity index (χ4n) is 4.10. The molecule has 2 fully saturated rings. The van der Waals surface area contributed by atoms with Crippen LogP contribution in [0.2, 0.25) is 0 Å². The highest BCUT2D eigenvalue weighted by Crippen LogP contribution is 2.49. The van der Waals surface area contributed by atoms with Gasteiger partial charge in [0.1, 0.15) is 0 Å². The molecule has 126 valence electrons. The molecule has 0 unspecified atom stereocenters. The van der Waals surface area contributed by atoms with Crippen LogP contribution < -0.4 is 0 Å². The van der Waals surface area contributed by atoms with E-state index in [2.05, 4.69) is 26.1 Å². The van der Waals surface area contributed by atoms with E-state index in [0.717, 1.165) is 21.9 Å². The zero-order valence-electron chi connectivity index (χ0n) is 13.3. The van der Waals surface area contributed by atoms with Crippen LogP contribution in [0.5, 0.6) is 0 Å². The molecule has 5 nitrogen and oxygen atoms in total. The number of carbonyl (C=O) groups excluding carboxylic acids is 1. The van der Waals surface area contributed by atoms with Crippen molar-refractivity contribution < 1.29 is 13.9 Å². The summed E-state index contributed by atoms with van der Waals surface area (Å²) in [5.74, 6) is 2.66. The predicted molar refractivity (Wildman–Crippen MR) is 90.8 cm³/mol. The summed E-state index contributed by atoms with van der Waals surface area (Å²) in [6.45, 7) is 0.0388. The fourth-order valence-corrected chi connectivity index (χ4v) is 4.55. The molecule has 24 heavy (non-hydrogen) atoms. The summed E-state index contributed by atoms with van der Waals surface area (Å²) >= 11 is 3.46. The van der Waals surface area contributed by atoms with E-state index in [0.29, 0.717) is 24.1 Å². The molecule has 1 heterocycles. The van der Waals surface area contributed by atoms with Crippen LogP contribution in [0.25, 0.3) is 11.5 Å². The largest absolute Gasteiger partial charge is 0.456 e. The maximum Gasteiger partial charge on any atom is 0.306 e. The van der Waals surface area contributed by atoms with Crippen LogP contribution in [0, 0.1) is 17.8 Å². The lowest BCUT2D eigenvalue weighted by Gasteiger charge is -2.20. The quantitative estimate of drug-likeness (QED) is 0.709. The summed E-state index contributed by atoms with van der Waals surface area (Å²) in [4.78, 5) is 12.1. The first-order valence-electron chi connectivity index (χ1n) is 8.42. The maximum absolute atomic E-state index is 12.1. The van der Waals surface area contributed by atoms with E-state index in [1.807, 2.05) is 24.3 Å². The zero-order chi connectivity index (χ0) is 16.5. The first-order chi connectivity index (χ1) is 11.7. The SMILES string of the molecule is O=C(C[C@@H]1C[C@H]2CC[C@@H]1C2)OCc1nnc(-c2ccccc2Br)o1. The van der Waals surface area contributed by atoms with E-state index in [4.69, 9.17) is 9.15 Å². The minimum atomic E-state index is -0.159. The van der Waals surface area contributed by atoms with E-state index >= 15 is 0 Å². The fraction of sp³-hybridized carbons (Fsp3) is 0.500. The Bertz CT molecular complexity index is 745. The Labute approximate surface area is 148 Å². The van der Waals surface area contributed by atoms with Crippen LogP contribution in [0.1, 0.15) is 38.0 Å². The molecule has 3 atom stereocenters. The molecule has 0 radical (unpaired) electrons. The number of hydrogen-bond donors (Lipinski definition) is 0. The number of fused-ring (bicyclic) bond motifs is 2. The third-order valence-electron chi connectivity index (χ3n) is 5.24. The first kappa shape index (κ1) is 15.8. The number of carbonyl (C=O) groups is 1. The number of nitrogens with zero attached hydrogens (tertiary/aromatic N) is 2. The van der Waals surface area contributed by atoms with Gasteiger partial charge in [-0.1, -0.05) is 18.6 Å². The summed E-state index contributed by atoms with van der Waals surface area (Å²) in [6.07, 6.45) is 5.63.